The monoisotopic (exact) mass is 394 g/mol. The van der Waals surface area contributed by atoms with E-state index in [9.17, 15) is 13.2 Å². The van der Waals surface area contributed by atoms with Gasteiger partial charge in [0.15, 0.2) is 0 Å². The quantitative estimate of drug-likeness (QED) is 0.711. The van der Waals surface area contributed by atoms with Crippen LogP contribution in [-0.4, -0.2) is 38.0 Å². The minimum absolute atomic E-state index is 0.120. The summed E-state index contributed by atoms with van der Waals surface area (Å²) in [7, 11) is -3.39. The smallest absolute Gasteiger partial charge is 0.221 e. The number of amides is 1. The van der Waals surface area contributed by atoms with Crippen molar-refractivity contribution in [1.29, 1.82) is 0 Å². The van der Waals surface area contributed by atoms with E-state index in [1.807, 2.05) is 48.5 Å². The number of benzene rings is 2. The van der Waals surface area contributed by atoms with Crippen LogP contribution in [0.5, 0.6) is 0 Å². The van der Waals surface area contributed by atoms with Crippen LogP contribution in [-0.2, 0) is 27.8 Å². The zero-order chi connectivity index (χ0) is 19.0. The highest BCUT2D eigenvalue weighted by Crippen LogP contribution is 2.11. The predicted molar refractivity (Wildman–Crippen MR) is 104 cm³/mol. The van der Waals surface area contributed by atoms with Crippen molar-refractivity contribution >= 4 is 27.5 Å². The summed E-state index contributed by atoms with van der Waals surface area (Å²) in [4.78, 5) is 12.0. The largest absolute Gasteiger partial charge is 0.356 e. The molecule has 0 spiro atoms. The lowest BCUT2D eigenvalue weighted by Gasteiger charge is -2.19. The molecule has 0 unspecified atom stereocenters. The number of halogens is 1. The Hall–Kier alpha value is -1.89. The van der Waals surface area contributed by atoms with E-state index in [2.05, 4.69) is 5.32 Å². The third-order valence-electron chi connectivity index (χ3n) is 3.88. The Morgan fingerprint density at radius 2 is 1.77 bits per heavy atom. The van der Waals surface area contributed by atoms with Gasteiger partial charge in [-0.15, -0.1) is 0 Å². The van der Waals surface area contributed by atoms with E-state index in [0.717, 1.165) is 17.4 Å². The molecule has 2 aromatic carbocycles. The van der Waals surface area contributed by atoms with E-state index in [1.54, 1.807) is 6.07 Å². The van der Waals surface area contributed by atoms with Gasteiger partial charge in [0.2, 0.25) is 15.9 Å². The van der Waals surface area contributed by atoms with Crippen LogP contribution in [0.15, 0.2) is 54.6 Å². The average Bonchev–Trinajstić information content (AvgIpc) is 2.58. The molecular weight excluding hydrogens is 372 g/mol. The maximum Gasteiger partial charge on any atom is 0.221 e. The normalized spacial score (nSPS) is 11.5. The molecule has 0 bridgehead atoms. The van der Waals surface area contributed by atoms with E-state index in [1.165, 1.54) is 4.31 Å². The van der Waals surface area contributed by atoms with E-state index >= 15 is 0 Å². The van der Waals surface area contributed by atoms with Gasteiger partial charge in [0.1, 0.15) is 0 Å². The number of nitrogens with one attached hydrogen (secondary N) is 1. The Labute approximate surface area is 160 Å². The third-order valence-corrected chi connectivity index (χ3v) is 5.37. The number of carbonyl (C=O) groups is 1. The molecule has 0 radical (unpaired) electrons. The zero-order valence-corrected chi connectivity index (χ0v) is 16.3. The first-order valence-electron chi connectivity index (χ1n) is 8.35. The molecule has 0 aliphatic heterocycles. The number of hydrogen-bond acceptors (Lipinski definition) is 3. The van der Waals surface area contributed by atoms with Crippen LogP contribution in [0.2, 0.25) is 5.02 Å². The molecule has 0 aliphatic rings. The number of nitrogens with zero attached hydrogens (tertiary/aromatic N) is 1. The van der Waals surface area contributed by atoms with Gasteiger partial charge in [-0.3, -0.25) is 4.79 Å². The number of sulfonamides is 1. The van der Waals surface area contributed by atoms with E-state index in [0.29, 0.717) is 18.0 Å². The first kappa shape index (κ1) is 20.4. The van der Waals surface area contributed by atoms with Gasteiger partial charge in [-0.1, -0.05) is 54.1 Å². The molecule has 140 valence electrons. The summed E-state index contributed by atoms with van der Waals surface area (Å²) in [6.07, 6.45) is 1.95. The minimum atomic E-state index is -3.39. The van der Waals surface area contributed by atoms with Crippen LogP contribution >= 0.6 is 11.6 Å². The molecule has 0 saturated heterocycles. The Morgan fingerprint density at radius 1 is 1.08 bits per heavy atom. The molecule has 2 rings (SSSR count). The van der Waals surface area contributed by atoms with Gasteiger partial charge in [-0.2, -0.15) is 4.31 Å². The van der Waals surface area contributed by atoms with Gasteiger partial charge in [-0.05, 0) is 29.7 Å². The SMILES string of the molecule is CS(=O)(=O)N(CCC(=O)NCCc1cccc(Cl)c1)Cc1ccccc1. The molecule has 1 N–H and O–H groups in total. The van der Waals surface area contributed by atoms with Crippen molar-refractivity contribution in [1.82, 2.24) is 9.62 Å². The molecule has 0 aromatic heterocycles. The van der Waals surface area contributed by atoms with Crippen LogP contribution < -0.4 is 5.32 Å². The standard InChI is InChI=1S/C19H23ClN2O3S/c1-26(24,25)22(15-17-6-3-2-4-7-17)13-11-19(23)21-12-10-16-8-5-9-18(20)14-16/h2-9,14H,10-13,15H2,1H3,(H,21,23). The average molecular weight is 395 g/mol. The Balaban J connectivity index is 1.81. The fraction of sp³-hybridized carbons (Fsp3) is 0.316. The van der Waals surface area contributed by atoms with Crippen LogP contribution in [0.25, 0.3) is 0 Å². The molecule has 0 heterocycles. The number of rotatable bonds is 9. The van der Waals surface area contributed by atoms with E-state index in [4.69, 9.17) is 11.6 Å². The van der Waals surface area contributed by atoms with Crippen LogP contribution in [0.4, 0.5) is 0 Å². The lowest BCUT2D eigenvalue weighted by molar-refractivity contribution is -0.121. The van der Waals surface area contributed by atoms with Gasteiger partial charge >= 0.3 is 0 Å². The fourth-order valence-corrected chi connectivity index (χ4v) is 3.52. The fourth-order valence-electron chi connectivity index (χ4n) is 2.50. The van der Waals surface area contributed by atoms with Crippen molar-refractivity contribution in [2.24, 2.45) is 0 Å². The maximum absolute atomic E-state index is 12.0. The zero-order valence-electron chi connectivity index (χ0n) is 14.7. The highest BCUT2D eigenvalue weighted by Gasteiger charge is 2.18. The molecule has 7 heteroatoms. The molecule has 5 nitrogen and oxygen atoms in total. The van der Waals surface area contributed by atoms with Crippen molar-refractivity contribution in [3.63, 3.8) is 0 Å². The lowest BCUT2D eigenvalue weighted by Crippen LogP contribution is -2.34. The number of carbonyl (C=O) groups excluding carboxylic acids is 1. The molecule has 2 aromatic rings. The summed E-state index contributed by atoms with van der Waals surface area (Å²) in [5.41, 5.74) is 1.93. The van der Waals surface area contributed by atoms with Crippen molar-refractivity contribution in [3.8, 4) is 0 Å². The summed E-state index contributed by atoms with van der Waals surface area (Å²) in [5, 5.41) is 3.48. The third kappa shape index (κ3) is 7.15. The summed E-state index contributed by atoms with van der Waals surface area (Å²) in [6.45, 7) is 0.892. The Morgan fingerprint density at radius 3 is 2.42 bits per heavy atom. The second-order valence-electron chi connectivity index (χ2n) is 6.06. The van der Waals surface area contributed by atoms with Gasteiger partial charge in [0.25, 0.3) is 0 Å². The van der Waals surface area contributed by atoms with Crippen LogP contribution in [0.1, 0.15) is 17.5 Å². The highest BCUT2D eigenvalue weighted by molar-refractivity contribution is 7.88. The van der Waals surface area contributed by atoms with E-state index in [-0.39, 0.29) is 25.4 Å². The molecule has 0 aliphatic carbocycles. The highest BCUT2D eigenvalue weighted by atomic mass is 35.5. The lowest BCUT2D eigenvalue weighted by atomic mass is 10.1. The first-order chi connectivity index (χ1) is 12.3. The van der Waals surface area contributed by atoms with Crippen molar-refractivity contribution in [2.45, 2.75) is 19.4 Å². The molecule has 26 heavy (non-hydrogen) atoms. The maximum atomic E-state index is 12.0. The van der Waals surface area contributed by atoms with Crippen LogP contribution in [0.3, 0.4) is 0 Å². The molecule has 0 fully saturated rings. The predicted octanol–water partition coefficient (Wildman–Crippen LogP) is 2.85. The molecular formula is C19H23ClN2O3S. The van der Waals surface area contributed by atoms with Crippen molar-refractivity contribution in [3.05, 3.63) is 70.7 Å². The Bertz CT molecular complexity index is 826. The summed E-state index contributed by atoms with van der Waals surface area (Å²) in [5.74, 6) is -0.172. The molecule has 0 atom stereocenters. The first-order valence-corrected chi connectivity index (χ1v) is 10.6. The minimum Gasteiger partial charge on any atom is -0.356 e. The number of hydrogen-bond donors (Lipinski definition) is 1. The van der Waals surface area contributed by atoms with Gasteiger partial charge < -0.3 is 5.32 Å². The summed E-state index contributed by atoms with van der Waals surface area (Å²) >= 11 is 5.93. The topological polar surface area (TPSA) is 66.5 Å². The van der Waals surface area contributed by atoms with Gasteiger partial charge in [0.05, 0.1) is 6.26 Å². The van der Waals surface area contributed by atoms with E-state index < -0.39 is 10.0 Å². The Kier molecular flexibility index (Phi) is 7.63. The summed E-state index contributed by atoms with van der Waals surface area (Å²) < 4.78 is 25.2. The second-order valence-corrected chi connectivity index (χ2v) is 8.48. The van der Waals surface area contributed by atoms with Crippen molar-refractivity contribution < 1.29 is 13.2 Å². The van der Waals surface area contributed by atoms with Crippen molar-refractivity contribution in [2.75, 3.05) is 19.3 Å². The molecule has 1 amide bonds. The second kappa shape index (κ2) is 9.71. The van der Waals surface area contributed by atoms with Crippen LogP contribution in [0, 0.1) is 0 Å². The summed E-state index contributed by atoms with van der Waals surface area (Å²) in [6, 6.07) is 16.8. The van der Waals surface area contributed by atoms with Gasteiger partial charge in [-0.25, -0.2) is 8.42 Å². The molecule has 0 saturated carbocycles. The van der Waals surface area contributed by atoms with Gasteiger partial charge in [0, 0.05) is 31.1 Å².